The van der Waals surface area contributed by atoms with E-state index in [1.165, 1.54) is 12.1 Å². The van der Waals surface area contributed by atoms with E-state index in [2.05, 4.69) is 15.2 Å². The SMILES string of the molecule is COc1ccc(-c2nc(SCCCOc3ccc(F)cc3)n[nH]2)cc1. The highest BCUT2D eigenvalue weighted by Gasteiger charge is 2.06. The highest BCUT2D eigenvalue weighted by molar-refractivity contribution is 7.99. The molecule has 0 fully saturated rings. The third-order valence-electron chi connectivity index (χ3n) is 3.43. The summed E-state index contributed by atoms with van der Waals surface area (Å²) in [5.74, 6) is 2.78. The second kappa shape index (κ2) is 8.53. The lowest BCUT2D eigenvalue weighted by Gasteiger charge is -2.04. The molecule has 7 heteroatoms. The van der Waals surface area contributed by atoms with E-state index < -0.39 is 0 Å². The number of methoxy groups -OCH3 is 1. The van der Waals surface area contributed by atoms with Crippen LogP contribution in [0.4, 0.5) is 4.39 Å². The molecule has 25 heavy (non-hydrogen) atoms. The second-order valence-electron chi connectivity index (χ2n) is 5.20. The predicted molar refractivity (Wildman–Crippen MR) is 95.6 cm³/mol. The number of aromatic amines is 1. The number of halogens is 1. The number of nitrogens with zero attached hydrogens (tertiary/aromatic N) is 2. The van der Waals surface area contributed by atoms with Gasteiger partial charge in [0.05, 0.1) is 13.7 Å². The smallest absolute Gasteiger partial charge is 0.208 e. The number of H-pyrrole nitrogens is 1. The number of nitrogens with one attached hydrogen (secondary N) is 1. The summed E-state index contributed by atoms with van der Waals surface area (Å²) in [6, 6.07) is 13.7. The number of hydrogen-bond donors (Lipinski definition) is 1. The Bertz CT molecular complexity index is 791. The van der Waals surface area contributed by atoms with Crippen LogP contribution < -0.4 is 9.47 Å². The molecule has 0 aliphatic rings. The minimum absolute atomic E-state index is 0.264. The van der Waals surface area contributed by atoms with E-state index in [-0.39, 0.29) is 5.82 Å². The van der Waals surface area contributed by atoms with Gasteiger partial charge in [-0.1, -0.05) is 11.8 Å². The van der Waals surface area contributed by atoms with Gasteiger partial charge in [0.1, 0.15) is 17.3 Å². The summed E-state index contributed by atoms with van der Waals surface area (Å²) < 4.78 is 23.5. The van der Waals surface area contributed by atoms with Gasteiger partial charge in [-0.2, -0.15) is 0 Å². The van der Waals surface area contributed by atoms with E-state index in [0.717, 1.165) is 29.3 Å². The Kier molecular flexibility index (Phi) is 5.90. The van der Waals surface area contributed by atoms with Gasteiger partial charge in [0, 0.05) is 11.3 Å². The molecule has 1 aromatic heterocycles. The fourth-order valence-corrected chi connectivity index (χ4v) is 2.84. The van der Waals surface area contributed by atoms with Gasteiger partial charge in [0.25, 0.3) is 0 Å². The molecular formula is C18H18FN3O2S. The summed E-state index contributed by atoms with van der Waals surface area (Å²) in [4.78, 5) is 4.47. The van der Waals surface area contributed by atoms with Crippen molar-refractivity contribution >= 4 is 11.8 Å². The van der Waals surface area contributed by atoms with Crippen LogP contribution in [-0.4, -0.2) is 34.7 Å². The topological polar surface area (TPSA) is 60.0 Å². The third-order valence-corrected chi connectivity index (χ3v) is 4.36. The Morgan fingerprint density at radius 3 is 2.48 bits per heavy atom. The van der Waals surface area contributed by atoms with Crippen molar-refractivity contribution in [3.05, 3.63) is 54.3 Å². The normalized spacial score (nSPS) is 10.6. The molecule has 1 heterocycles. The average molecular weight is 359 g/mol. The predicted octanol–water partition coefficient (Wildman–Crippen LogP) is 4.18. The Morgan fingerprint density at radius 2 is 1.76 bits per heavy atom. The molecule has 3 aromatic rings. The van der Waals surface area contributed by atoms with Crippen LogP contribution in [-0.2, 0) is 0 Å². The van der Waals surface area contributed by atoms with Crippen LogP contribution >= 0.6 is 11.8 Å². The van der Waals surface area contributed by atoms with E-state index >= 15 is 0 Å². The molecule has 0 aliphatic heterocycles. The summed E-state index contributed by atoms with van der Waals surface area (Å²) in [6.45, 7) is 0.564. The fourth-order valence-electron chi connectivity index (χ4n) is 2.13. The van der Waals surface area contributed by atoms with Crippen LogP contribution in [0.5, 0.6) is 11.5 Å². The minimum atomic E-state index is -0.264. The molecule has 0 saturated carbocycles. The molecule has 0 saturated heterocycles. The lowest BCUT2D eigenvalue weighted by molar-refractivity contribution is 0.318. The molecule has 130 valence electrons. The third kappa shape index (κ3) is 4.96. The van der Waals surface area contributed by atoms with Gasteiger partial charge < -0.3 is 9.47 Å². The number of rotatable bonds is 8. The van der Waals surface area contributed by atoms with Gasteiger partial charge in [-0.05, 0) is 55.0 Å². The molecule has 3 rings (SSSR count). The maximum Gasteiger partial charge on any atom is 0.208 e. The van der Waals surface area contributed by atoms with Crippen molar-refractivity contribution in [1.29, 1.82) is 0 Å². The van der Waals surface area contributed by atoms with Crippen molar-refractivity contribution < 1.29 is 13.9 Å². The number of hydrogen-bond acceptors (Lipinski definition) is 5. The first-order valence-corrected chi connectivity index (χ1v) is 8.81. The Morgan fingerprint density at radius 1 is 1.04 bits per heavy atom. The molecule has 0 spiro atoms. The highest BCUT2D eigenvalue weighted by atomic mass is 32.2. The van der Waals surface area contributed by atoms with Crippen molar-refractivity contribution in [1.82, 2.24) is 15.2 Å². The molecule has 2 aromatic carbocycles. The Balaban J connectivity index is 1.43. The summed E-state index contributed by atoms with van der Waals surface area (Å²) in [5.41, 5.74) is 0.958. The van der Waals surface area contributed by atoms with E-state index in [1.807, 2.05) is 24.3 Å². The summed E-state index contributed by atoms with van der Waals surface area (Å²) >= 11 is 1.56. The van der Waals surface area contributed by atoms with Gasteiger partial charge in [-0.25, -0.2) is 9.37 Å². The number of thioether (sulfide) groups is 1. The van der Waals surface area contributed by atoms with E-state index in [4.69, 9.17) is 9.47 Å². The van der Waals surface area contributed by atoms with E-state index in [0.29, 0.717) is 17.5 Å². The Hall–Kier alpha value is -2.54. The largest absolute Gasteiger partial charge is 0.497 e. The molecule has 0 aliphatic carbocycles. The zero-order chi connectivity index (χ0) is 17.5. The van der Waals surface area contributed by atoms with E-state index in [9.17, 15) is 4.39 Å². The van der Waals surface area contributed by atoms with Crippen molar-refractivity contribution in [2.75, 3.05) is 19.5 Å². The molecule has 0 radical (unpaired) electrons. The van der Waals surface area contributed by atoms with Crippen molar-refractivity contribution in [2.24, 2.45) is 0 Å². The zero-order valence-corrected chi connectivity index (χ0v) is 14.6. The van der Waals surface area contributed by atoms with Gasteiger partial charge in [0.15, 0.2) is 5.82 Å². The van der Waals surface area contributed by atoms with Crippen LogP contribution in [0.15, 0.2) is 53.7 Å². The summed E-state index contributed by atoms with van der Waals surface area (Å²) in [6.07, 6.45) is 0.842. The molecule has 0 atom stereocenters. The zero-order valence-electron chi connectivity index (χ0n) is 13.7. The second-order valence-corrected chi connectivity index (χ2v) is 6.26. The van der Waals surface area contributed by atoms with Gasteiger partial charge in [-0.3, -0.25) is 5.10 Å². The first-order chi connectivity index (χ1) is 12.2. The van der Waals surface area contributed by atoms with Crippen LogP contribution in [0, 0.1) is 5.82 Å². The van der Waals surface area contributed by atoms with Crippen LogP contribution in [0.2, 0.25) is 0 Å². The summed E-state index contributed by atoms with van der Waals surface area (Å²) in [7, 11) is 1.64. The minimum Gasteiger partial charge on any atom is -0.497 e. The maximum absolute atomic E-state index is 12.8. The molecule has 0 unspecified atom stereocenters. The van der Waals surface area contributed by atoms with Crippen molar-refractivity contribution in [3.8, 4) is 22.9 Å². The maximum atomic E-state index is 12.8. The monoisotopic (exact) mass is 359 g/mol. The molecule has 5 nitrogen and oxygen atoms in total. The number of ether oxygens (including phenoxy) is 2. The lowest BCUT2D eigenvalue weighted by atomic mass is 10.2. The number of benzene rings is 2. The van der Waals surface area contributed by atoms with Crippen LogP contribution in [0.1, 0.15) is 6.42 Å². The number of aromatic nitrogens is 3. The van der Waals surface area contributed by atoms with Crippen LogP contribution in [0.3, 0.4) is 0 Å². The van der Waals surface area contributed by atoms with E-state index in [1.54, 1.807) is 31.0 Å². The lowest BCUT2D eigenvalue weighted by Crippen LogP contribution is -1.98. The molecule has 0 bridgehead atoms. The quantitative estimate of drug-likeness (QED) is 0.483. The van der Waals surface area contributed by atoms with Gasteiger partial charge >= 0.3 is 0 Å². The molecule has 0 amide bonds. The fraction of sp³-hybridized carbons (Fsp3) is 0.222. The molecule has 1 N–H and O–H groups in total. The average Bonchev–Trinajstić information content (AvgIpc) is 3.12. The van der Waals surface area contributed by atoms with Crippen LogP contribution in [0.25, 0.3) is 11.4 Å². The van der Waals surface area contributed by atoms with Gasteiger partial charge in [-0.15, -0.1) is 5.10 Å². The Labute approximate surface area is 149 Å². The van der Waals surface area contributed by atoms with Crippen molar-refractivity contribution in [3.63, 3.8) is 0 Å². The standard InChI is InChI=1S/C18H18FN3O2S/c1-23-15-7-3-13(4-8-15)17-20-18(22-21-17)25-12-2-11-24-16-9-5-14(19)6-10-16/h3-10H,2,11-12H2,1H3,(H,20,21,22). The molecular weight excluding hydrogens is 341 g/mol. The van der Waals surface area contributed by atoms with Crippen molar-refractivity contribution in [2.45, 2.75) is 11.6 Å². The highest BCUT2D eigenvalue weighted by Crippen LogP contribution is 2.22. The van der Waals surface area contributed by atoms with Gasteiger partial charge in [0.2, 0.25) is 5.16 Å². The summed E-state index contributed by atoms with van der Waals surface area (Å²) in [5, 5.41) is 7.86. The first-order valence-electron chi connectivity index (χ1n) is 7.82. The first kappa shape index (κ1) is 17.3.